The number of nitrogens with zero attached hydrogens (tertiary/aromatic N) is 3. The largest absolute Gasteiger partial charge is 0.497 e. The quantitative estimate of drug-likeness (QED) is 0.422. The fourth-order valence-electron chi connectivity index (χ4n) is 4.69. The number of benzene rings is 3. The van der Waals surface area contributed by atoms with Gasteiger partial charge in [0, 0.05) is 27.8 Å². The monoisotopic (exact) mass is 472 g/mol. The number of anilines is 1. The first-order chi connectivity index (χ1) is 16.7. The van der Waals surface area contributed by atoms with Crippen molar-refractivity contribution in [3.8, 4) is 17.2 Å². The Balaban J connectivity index is 1.64. The van der Waals surface area contributed by atoms with Crippen LogP contribution in [0.5, 0.6) is 17.2 Å². The molecule has 0 radical (unpaired) electrons. The summed E-state index contributed by atoms with van der Waals surface area (Å²) in [4.78, 5) is 4.46. The molecule has 1 N–H and O–H groups in total. The van der Waals surface area contributed by atoms with Gasteiger partial charge in [-0.15, -0.1) is 0 Å². The molecule has 0 amide bonds. The molecule has 3 heterocycles. The van der Waals surface area contributed by atoms with E-state index in [0.717, 1.165) is 33.7 Å². The van der Waals surface area contributed by atoms with Crippen LogP contribution < -0.4 is 19.5 Å². The standard InChI is InChI=1S/C26H21ClN4O3/c1-32-17-9-10-18(21(13-17)33-2)25-22-23(19-12-16(27)8-11-20(19)34-25)30-26-28-14-29-31(26)24(22)15-6-4-3-5-7-15/h3-14,24-25H,1-2H3,(H,28,29,30)/t24-,25+/m0/s1. The van der Waals surface area contributed by atoms with Crippen molar-refractivity contribution in [1.29, 1.82) is 0 Å². The van der Waals surface area contributed by atoms with Gasteiger partial charge in [0.1, 0.15) is 29.6 Å². The molecule has 0 aliphatic carbocycles. The molecule has 0 fully saturated rings. The van der Waals surface area contributed by atoms with Crippen molar-refractivity contribution in [2.75, 3.05) is 19.5 Å². The van der Waals surface area contributed by atoms with E-state index in [9.17, 15) is 0 Å². The lowest BCUT2D eigenvalue weighted by Crippen LogP contribution is -2.32. The third kappa shape index (κ3) is 3.20. The zero-order chi connectivity index (χ0) is 23.2. The zero-order valence-corrected chi connectivity index (χ0v) is 19.3. The van der Waals surface area contributed by atoms with Gasteiger partial charge in [-0.1, -0.05) is 41.9 Å². The van der Waals surface area contributed by atoms with Crippen molar-refractivity contribution in [1.82, 2.24) is 14.8 Å². The molecule has 34 heavy (non-hydrogen) atoms. The van der Waals surface area contributed by atoms with Crippen LogP contribution >= 0.6 is 11.6 Å². The van der Waals surface area contributed by atoms with E-state index in [4.69, 9.17) is 25.8 Å². The highest BCUT2D eigenvalue weighted by Crippen LogP contribution is 2.52. The highest BCUT2D eigenvalue weighted by molar-refractivity contribution is 6.30. The van der Waals surface area contributed by atoms with Crippen LogP contribution in [0.3, 0.4) is 0 Å². The van der Waals surface area contributed by atoms with E-state index in [0.29, 0.717) is 22.5 Å². The fourth-order valence-corrected chi connectivity index (χ4v) is 4.86. The summed E-state index contributed by atoms with van der Waals surface area (Å²) in [5.74, 6) is 2.75. The molecule has 0 saturated carbocycles. The molecule has 8 heteroatoms. The number of hydrogen-bond donors (Lipinski definition) is 1. The van der Waals surface area contributed by atoms with Crippen molar-refractivity contribution in [3.05, 3.63) is 100 Å². The summed E-state index contributed by atoms with van der Waals surface area (Å²) < 4.78 is 19.7. The van der Waals surface area contributed by atoms with Gasteiger partial charge in [0.25, 0.3) is 0 Å². The Hall–Kier alpha value is -3.97. The van der Waals surface area contributed by atoms with E-state index in [2.05, 4.69) is 27.5 Å². The second kappa shape index (κ2) is 8.11. The molecule has 2 atom stereocenters. The number of methoxy groups -OCH3 is 2. The topological polar surface area (TPSA) is 70.4 Å². The van der Waals surface area contributed by atoms with Crippen molar-refractivity contribution >= 4 is 23.2 Å². The van der Waals surface area contributed by atoms with Gasteiger partial charge >= 0.3 is 0 Å². The van der Waals surface area contributed by atoms with Crippen molar-refractivity contribution in [3.63, 3.8) is 0 Å². The number of rotatable bonds is 4. The number of fused-ring (bicyclic) bond motifs is 3. The van der Waals surface area contributed by atoms with Crippen LogP contribution in [0.15, 0.2) is 78.6 Å². The molecule has 0 spiro atoms. The Morgan fingerprint density at radius 3 is 2.65 bits per heavy atom. The van der Waals surface area contributed by atoms with Crippen LogP contribution in [-0.4, -0.2) is 29.0 Å². The Morgan fingerprint density at radius 2 is 1.85 bits per heavy atom. The Kier molecular flexibility index (Phi) is 4.92. The maximum Gasteiger partial charge on any atom is 0.226 e. The van der Waals surface area contributed by atoms with E-state index < -0.39 is 6.10 Å². The predicted molar refractivity (Wildman–Crippen MR) is 130 cm³/mol. The van der Waals surface area contributed by atoms with Crippen LogP contribution in [0.4, 0.5) is 5.95 Å². The summed E-state index contributed by atoms with van der Waals surface area (Å²) in [5.41, 5.74) is 4.71. The third-order valence-electron chi connectivity index (χ3n) is 6.21. The minimum absolute atomic E-state index is 0.251. The van der Waals surface area contributed by atoms with Gasteiger partial charge in [0.05, 0.1) is 19.9 Å². The van der Waals surface area contributed by atoms with E-state index in [1.807, 2.05) is 59.3 Å². The van der Waals surface area contributed by atoms with Gasteiger partial charge in [-0.25, -0.2) is 4.68 Å². The minimum Gasteiger partial charge on any atom is -0.497 e. The van der Waals surface area contributed by atoms with Crippen LogP contribution in [0.1, 0.15) is 28.8 Å². The molecular weight excluding hydrogens is 452 g/mol. The molecule has 170 valence electrons. The average molecular weight is 473 g/mol. The first-order valence-corrected chi connectivity index (χ1v) is 11.2. The summed E-state index contributed by atoms with van der Waals surface area (Å²) in [6.07, 6.45) is 1.10. The van der Waals surface area contributed by atoms with Crippen LogP contribution in [0.2, 0.25) is 5.02 Å². The van der Waals surface area contributed by atoms with Gasteiger partial charge in [-0.2, -0.15) is 10.1 Å². The van der Waals surface area contributed by atoms with Gasteiger partial charge in [0.15, 0.2) is 6.10 Å². The maximum absolute atomic E-state index is 6.66. The predicted octanol–water partition coefficient (Wildman–Crippen LogP) is 5.51. The summed E-state index contributed by atoms with van der Waals surface area (Å²) in [5, 5.41) is 8.66. The normalized spacial score (nSPS) is 18.2. The maximum atomic E-state index is 6.66. The lowest BCUT2D eigenvalue weighted by Gasteiger charge is -2.39. The smallest absolute Gasteiger partial charge is 0.226 e. The molecule has 0 bridgehead atoms. The molecule has 1 aromatic heterocycles. The number of hydrogen-bond acceptors (Lipinski definition) is 6. The Bertz CT molecular complexity index is 1420. The minimum atomic E-state index is -0.459. The average Bonchev–Trinajstić information content (AvgIpc) is 3.35. The highest BCUT2D eigenvalue weighted by Gasteiger charge is 2.42. The van der Waals surface area contributed by atoms with E-state index in [1.54, 1.807) is 20.5 Å². The fraction of sp³-hybridized carbons (Fsp3) is 0.154. The molecule has 4 aromatic rings. The Labute approximate surface area is 201 Å². The Morgan fingerprint density at radius 1 is 1.00 bits per heavy atom. The van der Waals surface area contributed by atoms with Crippen LogP contribution in [0.25, 0.3) is 5.70 Å². The molecular formula is C26H21ClN4O3. The number of halogens is 1. The SMILES string of the molecule is COc1ccc([C@H]2Oc3ccc(Cl)cc3C3=C2[C@H](c2ccccc2)n2ncnc2N3)c(OC)c1. The lowest BCUT2D eigenvalue weighted by molar-refractivity contribution is 0.217. The van der Waals surface area contributed by atoms with Gasteiger partial charge in [0.2, 0.25) is 5.95 Å². The molecule has 2 aliphatic rings. The first kappa shape index (κ1) is 20.6. The summed E-state index contributed by atoms with van der Waals surface area (Å²) in [7, 11) is 3.28. The number of ether oxygens (including phenoxy) is 3. The molecule has 7 nitrogen and oxygen atoms in total. The molecule has 0 unspecified atom stereocenters. The molecule has 0 saturated heterocycles. The van der Waals surface area contributed by atoms with Crippen LogP contribution in [0, 0.1) is 0 Å². The molecule has 2 aliphatic heterocycles. The van der Waals surface area contributed by atoms with E-state index in [1.165, 1.54) is 0 Å². The van der Waals surface area contributed by atoms with E-state index in [-0.39, 0.29) is 6.04 Å². The summed E-state index contributed by atoms with van der Waals surface area (Å²) in [6.45, 7) is 0. The third-order valence-corrected chi connectivity index (χ3v) is 6.45. The number of nitrogens with one attached hydrogen (secondary N) is 1. The summed E-state index contributed by atoms with van der Waals surface area (Å²) in [6, 6.07) is 21.3. The van der Waals surface area contributed by atoms with Gasteiger partial charge < -0.3 is 19.5 Å². The molecule has 3 aromatic carbocycles. The zero-order valence-electron chi connectivity index (χ0n) is 18.5. The van der Waals surface area contributed by atoms with E-state index >= 15 is 0 Å². The van der Waals surface area contributed by atoms with Crippen molar-refractivity contribution < 1.29 is 14.2 Å². The second-order valence-corrected chi connectivity index (χ2v) is 8.48. The number of aromatic nitrogens is 3. The summed E-state index contributed by atoms with van der Waals surface area (Å²) >= 11 is 6.40. The van der Waals surface area contributed by atoms with Crippen molar-refractivity contribution in [2.24, 2.45) is 0 Å². The highest BCUT2D eigenvalue weighted by atomic mass is 35.5. The second-order valence-electron chi connectivity index (χ2n) is 8.04. The van der Waals surface area contributed by atoms with Crippen LogP contribution in [-0.2, 0) is 0 Å². The van der Waals surface area contributed by atoms with Crippen molar-refractivity contribution in [2.45, 2.75) is 12.1 Å². The first-order valence-electron chi connectivity index (χ1n) is 10.8. The van der Waals surface area contributed by atoms with Gasteiger partial charge in [-0.05, 0) is 35.9 Å². The lowest BCUT2D eigenvalue weighted by atomic mass is 9.84. The van der Waals surface area contributed by atoms with Gasteiger partial charge in [-0.3, -0.25) is 0 Å². The molecule has 6 rings (SSSR count).